The molecule has 0 bridgehead atoms. The Morgan fingerprint density at radius 1 is 1.29 bits per heavy atom. The Labute approximate surface area is 123 Å². The number of hydrogen-bond acceptors (Lipinski definition) is 5. The Morgan fingerprint density at radius 2 is 2.05 bits per heavy atom. The first-order chi connectivity index (χ1) is 10.1. The maximum atomic E-state index is 11.8. The van der Waals surface area contributed by atoms with Crippen LogP contribution in [0.2, 0.25) is 0 Å². The number of hydrogen-bond donors (Lipinski definition) is 2. The van der Waals surface area contributed by atoms with Gasteiger partial charge in [-0.3, -0.25) is 0 Å². The summed E-state index contributed by atoms with van der Waals surface area (Å²) in [5, 5.41) is 0. The highest BCUT2D eigenvalue weighted by Gasteiger charge is 2.09. The fraction of sp³-hybridized carbons (Fsp3) is 0.308. The second-order valence-electron chi connectivity index (χ2n) is 4.43. The standard InChI is InChI=1S/C13H18N4O3S/c14-12-1-3-13(4-2-12)20-9-10-21(18,19)16-6-8-17-7-5-15-11-17/h1-5,7,11,16H,6,8-10,14H2. The van der Waals surface area contributed by atoms with E-state index in [2.05, 4.69) is 9.71 Å². The Balaban J connectivity index is 1.69. The van der Waals surface area contributed by atoms with Crippen LogP contribution in [0.4, 0.5) is 5.69 Å². The van der Waals surface area contributed by atoms with Gasteiger partial charge in [0.05, 0.1) is 12.1 Å². The van der Waals surface area contributed by atoms with Crippen LogP contribution in [0.3, 0.4) is 0 Å². The summed E-state index contributed by atoms with van der Waals surface area (Å²) in [6.07, 6.45) is 5.06. The molecule has 1 heterocycles. The van der Waals surface area contributed by atoms with Gasteiger partial charge in [0.1, 0.15) is 12.4 Å². The van der Waals surface area contributed by atoms with E-state index in [0.717, 1.165) is 0 Å². The maximum Gasteiger partial charge on any atom is 0.215 e. The summed E-state index contributed by atoms with van der Waals surface area (Å²) >= 11 is 0. The van der Waals surface area contributed by atoms with Crippen LogP contribution in [0.1, 0.15) is 0 Å². The molecule has 0 aliphatic rings. The van der Waals surface area contributed by atoms with Crippen LogP contribution in [0.25, 0.3) is 0 Å². The van der Waals surface area contributed by atoms with E-state index in [1.54, 1.807) is 47.6 Å². The van der Waals surface area contributed by atoms with Gasteiger partial charge in [-0.25, -0.2) is 18.1 Å². The van der Waals surface area contributed by atoms with Crippen molar-refractivity contribution in [1.82, 2.24) is 14.3 Å². The lowest BCUT2D eigenvalue weighted by molar-refractivity contribution is 0.340. The summed E-state index contributed by atoms with van der Waals surface area (Å²) in [6, 6.07) is 6.81. The molecule has 0 saturated heterocycles. The van der Waals surface area contributed by atoms with Gasteiger partial charge in [-0.05, 0) is 24.3 Å². The van der Waals surface area contributed by atoms with Crippen LogP contribution < -0.4 is 15.2 Å². The molecule has 0 atom stereocenters. The molecule has 0 fully saturated rings. The number of aromatic nitrogens is 2. The molecular formula is C13H18N4O3S. The summed E-state index contributed by atoms with van der Waals surface area (Å²) in [4.78, 5) is 3.88. The van der Waals surface area contributed by atoms with Crippen molar-refractivity contribution in [3.05, 3.63) is 43.0 Å². The van der Waals surface area contributed by atoms with E-state index in [4.69, 9.17) is 10.5 Å². The van der Waals surface area contributed by atoms with E-state index in [0.29, 0.717) is 24.5 Å². The van der Waals surface area contributed by atoms with Crippen molar-refractivity contribution in [2.45, 2.75) is 6.54 Å². The first kappa shape index (κ1) is 15.3. The minimum absolute atomic E-state index is 0.0876. The van der Waals surface area contributed by atoms with Crippen molar-refractivity contribution in [1.29, 1.82) is 0 Å². The van der Waals surface area contributed by atoms with E-state index in [9.17, 15) is 8.42 Å². The fourth-order valence-electron chi connectivity index (χ4n) is 1.65. The third-order valence-electron chi connectivity index (χ3n) is 2.75. The number of imidazole rings is 1. The minimum atomic E-state index is -3.35. The van der Waals surface area contributed by atoms with E-state index < -0.39 is 10.0 Å². The maximum absolute atomic E-state index is 11.8. The van der Waals surface area contributed by atoms with Gasteiger partial charge < -0.3 is 15.0 Å². The number of anilines is 1. The predicted octanol–water partition coefficient (Wildman–Crippen LogP) is 0.464. The SMILES string of the molecule is Nc1ccc(OCCS(=O)(=O)NCCn2ccnc2)cc1. The number of nitrogens with one attached hydrogen (secondary N) is 1. The fourth-order valence-corrected chi connectivity index (χ4v) is 2.50. The van der Waals surface area contributed by atoms with Crippen LogP contribution in [-0.4, -0.2) is 36.9 Å². The van der Waals surface area contributed by atoms with Crippen molar-refractivity contribution in [3.63, 3.8) is 0 Å². The molecule has 0 aliphatic heterocycles. The van der Waals surface area contributed by atoms with E-state index in [-0.39, 0.29) is 12.4 Å². The zero-order valence-electron chi connectivity index (χ0n) is 11.5. The lowest BCUT2D eigenvalue weighted by Crippen LogP contribution is -2.31. The molecule has 0 amide bonds. The van der Waals surface area contributed by atoms with Crippen LogP contribution in [0.5, 0.6) is 5.75 Å². The zero-order chi connectivity index (χ0) is 15.1. The zero-order valence-corrected chi connectivity index (χ0v) is 12.3. The molecule has 1 aromatic heterocycles. The highest BCUT2D eigenvalue weighted by atomic mass is 32.2. The van der Waals surface area contributed by atoms with Gasteiger partial charge in [0.2, 0.25) is 10.0 Å². The topological polar surface area (TPSA) is 99.2 Å². The van der Waals surface area contributed by atoms with Crippen molar-refractivity contribution in [3.8, 4) is 5.75 Å². The molecule has 2 rings (SSSR count). The lowest BCUT2D eigenvalue weighted by Gasteiger charge is -2.09. The lowest BCUT2D eigenvalue weighted by atomic mass is 10.3. The normalized spacial score (nSPS) is 11.4. The summed E-state index contributed by atoms with van der Waals surface area (Å²) in [7, 11) is -3.35. The first-order valence-corrected chi connectivity index (χ1v) is 8.12. The van der Waals surface area contributed by atoms with E-state index in [1.165, 1.54) is 0 Å². The Hall–Kier alpha value is -2.06. The molecule has 114 valence electrons. The predicted molar refractivity (Wildman–Crippen MR) is 80.4 cm³/mol. The smallest absolute Gasteiger partial charge is 0.215 e. The van der Waals surface area contributed by atoms with Gasteiger partial charge >= 0.3 is 0 Å². The second kappa shape index (κ2) is 7.09. The molecule has 0 radical (unpaired) electrons. The number of ether oxygens (including phenoxy) is 1. The molecule has 0 saturated carbocycles. The Morgan fingerprint density at radius 3 is 2.71 bits per heavy atom. The van der Waals surface area contributed by atoms with Crippen LogP contribution >= 0.6 is 0 Å². The molecule has 7 nitrogen and oxygen atoms in total. The summed E-state index contributed by atoms with van der Waals surface area (Å²) < 4.78 is 33.2. The Bertz CT molecular complexity index is 639. The first-order valence-electron chi connectivity index (χ1n) is 6.46. The number of benzene rings is 1. The third kappa shape index (κ3) is 5.44. The number of nitrogen functional groups attached to an aromatic ring is 1. The number of nitrogens with zero attached hydrogens (tertiary/aromatic N) is 2. The largest absolute Gasteiger partial charge is 0.492 e. The van der Waals surface area contributed by atoms with Crippen LogP contribution in [-0.2, 0) is 16.6 Å². The number of sulfonamides is 1. The molecule has 8 heteroatoms. The van der Waals surface area contributed by atoms with Crippen molar-refractivity contribution in [2.24, 2.45) is 0 Å². The molecule has 0 aliphatic carbocycles. The van der Waals surface area contributed by atoms with Gasteiger partial charge in [-0.1, -0.05) is 0 Å². The highest BCUT2D eigenvalue weighted by Crippen LogP contribution is 2.12. The van der Waals surface area contributed by atoms with Crippen LogP contribution in [0.15, 0.2) is 43.0 Å². The van der Waals surface area contributed by atoms with Gasteiger partial charge in [0, 0.05) is 31.2 Å². The molecule has 3 N–H and O–H groups in total. The number of nitrogens with two attached hydrogens (primary N) is 1. The summed E-state index contributed by atoms with van der Waals surface area (Å²) in [5.41, 5.74) is 6.19. The third-order valence-corrected chi connectivity index (χ3v) is 4.10. The quantitative estimate of drug-likeness (QED) is 0.690. The molecule has 0 spiro atoms. The summed E-state index contributed by atoms with van der Waals surface area (Å²) in [5.74, 6) is 0.499. The Kier molecular flexibility index (Phi) is 5.18. The minimum Gasteiger partial charge on any atom is -0.492 e. The number of rotatable bonds is 8. The monoisotopic (exact) mass is 310 g/mol. The molecule has 21 heavy (non-hydrogen) atoms. The van der Waals surface area contributed by atoms with Crippen LogP contribution in [0, 0.1) is 0 Å². The van der Waals surface area contributed by atoms with Crippen molar-refractivity contribution in [2.75, 3.05) is 24.6 Å². The average molecular weight is 310 g/mol. The van der Waals surface area contributed by atoms with Gasteiger partial charge in [0.15, 0.2) is 0 Å². The molecule has 2 aromatic rings. The summed E-state index contributed by atoms with van der Waals surface area (Å²) in [6.45, 7) is 0.947. The van der Waals surface area contributed by atoms with Crippen molar-refractivity contribution < 1.29 is 13.2 Å². The highest BCUT2D eigenvalue weighted by molar-refractivity contribution is 7.89. The molecule has 1 aromatic carbocycles. The van der Waals surface area contributed by atoms with Gasteiger partial charge in [0.25, 0.3) is 0 Å². The second-order valence-corrected chi connectivity index (χ2v) is 6.36. The van der Waals surface area contributed by atoms with E-state index in [1.807, 2.05) is 0 Å². The molecule has 0 unspecified atom stereocenters. The van der Waals surface area contributed by atoms with Crippen molar-refractivity contribution >= 4 is 15.7 Å². The van der Waals surface area contributed by atoms with E-state index >= 15 is 0 Å². The molecular weight excluding hydrogens is 292 g/mol. The average Bonchev–Trinajstić information content (AvgIpc) is 2.94. The van der Waals surface area contributed by atoms with Gasteiger partial charge in [-0.15, -0.1) is 0 Å². The van der Waals surface area contributed by atoms with Gasteiger partial charge in [-0.2, -0.15) is 0 Å².